The van der Waals surface area contributed by atoms with Crippen molar-refractivity contribution in [3.63, 3.8) is 0 Å². The molecule has 0 heterocycles. The van der Waals surface area contributed by atoms with Crippen molar-refractivity contribution in [3.05, 3.63) is 24.3 Å². The van der Waals surface area contributed by atoms with Crippen molar-refractivity contribution in [3.8, 4) is 5.75 Å². The van der Waals surface area contributed by atoms with Crippen LogP contribution in [0.15, 0.2) is 29.2 Å². The third kappa shape index (κ3) is 4.32. The summed E-state index contributed by atoms with van der Waals surface area (Å²) in [6.45, 7) is 2.25. The molecule has 0 aliphatic heterocycles. The van der Waals surface area contributed by atoms with Gasteiger partial charge in [0.2, 0.25) is 0 Å². The first-order valence-electron chi connectivity index (χ1n) is 5.03. The Morgan fingerprint density at radius 2 is 1.94 bits per heavy atom. The van der Waals surface area contributed by atoms with E-state index < -0.39 is 9.84 Å². The lowest BCUT2D eigenvalue weighted by atomic mass is 10.2. The molecule has 0 aliphatic rings. The summed E-state index contributed by atoms with van der Waals surface area (Å²) in [5.41, 5.74) is 5.45. The van der Waals surface area contributed by atoms with Gasteiger partial charge in [0.15, 0.2) is 9.84 Å². The van der Waals surface area contributed by atoms with Gasteiger partial charge >= 0.3 is 0 Å². The summed E-state index contributed by atoms with van der Waals surface area (Å²) in [6, 6.07) is 6.25. The van der Waals surface area contributed by atoms with Gasteiger partial charge < -0.3 is 10.5 Å². The summed E-state index contributed by atoms with van der Waals surface area (Å²) < 4.78 is 27.9. The molecule has 94 valence electrons. The monoisotopic (exact) mass is 273 g/mol. The molecule has 0 aromatic heterocycles. The van der Waals surface area contributed by atoms with Crippen molar-refractivity contribution in [1.29, 1.82) is 0 Å². The zero-order valence-corrected chi connectivity index (χ0v) is 11.3. The third-order valence-corrected chi connectivity index (χ3v) is 3.77. The summed E-state index contributed by atoms with van der Waals surface area (Å²) in [7, 11) is -3.16. The number of sulfone groups is 1. The van der Waals surface area contributed by atoms with Crippen LogP contribution in [0.4, 0.5) is 0 Å². The fourth-order valence-electron chi connectivity index (χ4n) is 1.09. The molecule has 2 N–H and O–H groups in total. The number of rotatable bonds is 5. The second kappa shape index (κ2) is 5.46. The summed E-state index contributed by atoms with van der Waals surface area (Å²) in [5, 5.41) is 0. The molecule has 4 nitrogen and oxygen atoms in total. The predicted octanol–water partition coefficient (Wildman–Crippen LogP) is 1.39. The van der Waals surface area contributed by atoms with E-state index in [1.165, 1.54) is 12.1 Å². The SMILES string of the molecule is CC(COc1ccc(S(C)(=O)=O)cc1)C(N)=S. The number of hydrogen-bond acceptors (Lipinski definition) is 4. The van der Waals surface area contributed by atoms with E-state index in [9.17, 15) is 8.42 Å². The Labute approximate surface area is 107 Å². The van der Waals surface area contributed by atoms with Crippen LogP contribution in [-0.2, 0) is 9.84 Å². The van der Waals surface area contributed by atoms with Gasteiger partial charge in [0, 0.05) is 12.2 Å². The molecule has 0 radical (unpaired) electrons. The zero-order valence-electron chi connectivity index (χ0n) is 9.71. The van der Waals surface area contributed by atoms with Gasteiger partial charge in [-0.15, -0.1) is 0 Å². The van der Waals surface area contributed by atoms with E-state index in [2.05, 4.69) is 0 Å². The summed E-state index contributed by atoms with van der Waals surface area (Å²) in [5.74, 6) is 0.583. The van der Waals surface area contributed by atoms with Crippen molar-refractivity contribution in [2.45, 2.75) is 11.8 Å². The van der Waals surface area contributed by atoms with Crippen LogP contribution < -0.4 is 10.5 Å². The van der Waals surface area contributed by atoms with Gasteiger partial charge in [-0.1, -0.05) is 19.1 Å². The fraction of sp³-hybridized carbons (Fsp3) is 0.364. The fourth-order valence-corrected chi connectivity index (χ4v) is 1.78. The van der Waals surface area contributed by atoms with Crippen molar-refractivity contribution in [2.24, 2.45) is 11.7 Å². The lowest BCUT2D eigenvalue weighted by molar-refractivity contribution is 0.293. The quantitative estimate of drug-likeness (QED) is 0.821. The van der Waals surface area contributed by atoms with Gasteiger partial charge in [-0.3, -0.25) is 0 Å². The minimum Gasteiger partial charge on any atom is -0.493 e. The number of thiocarbonyl (C=S) groups is 1. The Morgan fingerprint density at radius 1 is 1.41 bits per heavy atom. The number of ether oxygens (including phenoxy) is 1. The summed E-state index contributed by atoms with van der Waals surface area (Å²) in [6.07, 6.45) is 1.16. The molecule has 0 fully saturated rings. The van der Waals surface area contributed by atoms with Gasteiger partial charge in [0.1, 0.15) is 5.75 Å². The van der Waals surface area contributed by atoms with Crippen LogP contribution in [0.25, 0.3) is 0 Å². The minimum absolute atomic E-state index is 0.0143. The first-order chi connectivity index (χ1) is 7.80. The third-order valence-electron chi connectivity index (χ3n) is 2.24. The standard InChI is InChI=1S/C11H15NO3S2/c1-8(11(12)16)7-15-9-3-5-10(6-4-9)17(2,13)14/h3-6,8H,7H2,1-2H3,(H2,12,16). The van der Waals surface area contributed by atoms with E-state index in [-0.39, 0.29) is 10.8 Å². The van der Waals surface area contributed by atoms with Crippen LogP contribution in [0.3, 0.4) is 0 Å². The minimum atomic E-state index is -3.16. The van der Waals surface area contributed by atoms with Crippen LogP contribution >= 0.6 is 12.2 Å². The van der Waals surface area contributed by atoms with Gasteiger partial charge in [0.05, 0.1) is 16.5 Å². The number of benzene rings is 1. The molecule has 1 aromatic rings. The van der Waals surface area contributed by atoms with Crippen LogP contribution in [0.5, 0.6) is 5.75 Å². The zero-order chi connectivity index (χ0) is 13.1. The molecular weight excluding hydrogens is 258 g/mol. The summed E-state index contributed by atoms with van der Waals surface area (Å²) >= 11 is 4.82. The number of hydrogen-bond donors (Lipinski definition) is 1. The first-order valence-corrected chi connectivity index (χ1v) is 7.33. The molecule has 1 unspecified atom stereocenters. The molecule has 1 rings (SSSR count). The molecule has 0 spiro atoms. The average Bonchev–Trinajstić information content (AvgIpc) is 2.25. The Morgan fingerprint density at radius 3 is 2.35 bits per heavy atom. The second-order valence-electron chi connectivity index (χ2n) is 3.86. The van der Waals surface area contributed by atoms with Crippen LogP contribution in [-0.4, -0.2) is 26.3 Å². The van der Waals surface area contributed by atoms with Gasteiger partial charge in [0.25, 0.3) is 0 Å². The molecule has 0 saturated carbocycles. The number of nitrogens with two attached hydrogens (primary N) is 1. The molecule has 1 atom stereocenters. The van der Waals surface area contributed by atoms with Crippen molar-refractivity contribution in [2.75, 3.05) is 12.9 Å². The summed E-state index contributed by atoms with van der Waals surface area (Å²) in [4.78, 5) is 0.671. The van der Waals surface area contributed by atoms with E-state index in [4.69, 9.17) is 22.7 Å². The lowest BCUT2D eigenvalue weighted by Gasteiger charge is -2.11. The maximum atomic E-state index is 11.2. The Balaban J connectivity index is 2.67. The second-order valence-corrected chi connectivity index (χ2v) is 6.35. The lowest BCUT2D eigenvalue weighted by Crippen LogP contribution is -2.24. The Hall–Kier alpha value is -1.14. The molecular formula is C11H15NO3S2. The highest BCUT2D eigenvalue weighted by molar-refractivity contribution is 7.90. The molecule has 0 amide bonds. The van der Waals surface area contributed by atoms with E-state index in [1.54, 1.807) is 12.1 Å². The molecule has 0 saturated heterocycles. The average molecular weight is 273 g/mol. The van der Waals surface area contributed by atoms with Crippen molar-refractivity contribution >= 4 is 27.0 Å². The van der Waals surface area contributed by atoms with Crippen molar-refractivity contribution < 1.29 is 13.2 Å². The molecule has 0 bridgehead atoms. The van der Waals surface area contributed by atoms with Crippen molar-refractivity contribution in [1.82, 2.24) is 0 Å². The van der Waals surface area contributed by atoms with Gasteiger partial charge in [-0.25, -0.2) is 8.42 Å². The molecule has 1 aromatic carbocycles. The van der Waals surface area contributed by atoms with Crippen LogP contribution in [0.2, 0.25) is 0 Å². The highest BCUT2D eigenvalue weighted by Gasteiger charge is 2.08. The Bertz CT molecular complexity index is 494. The van der Waals surface area contributed by atoms with E-state index >= 15 is 0 Å². The van der Waals surface area contributed by atoms with E-state index in [0.29, 0.717) is 17.3 Å². The first kappa shape index (κ1) is 13.9. The topological polar surface area (TPSA) is 69.4 Å². The predicted molar refractivity (Wildman–Crippen MR) is 71.0 cm³/mol. The normalized spacial score (nSPS) is 13.1. The highest BCUT2D eigenvalue weighted by atomic mass is 32.2. The maximum Gasteiger partial charge on any atom is 0.175 e. The molecule has 17 heavy (non-hydrogen) atoms. The van der Waals surface area contributed by atoms with Gasteiger partial charge in [-0.05, 0) is 24.3 Å². The van der Waals surface area contributed by atoms with Crippen LogP contribution in [0, 0.1) is 5.92 Å². The smallest absolute Gasteiger partial charge is 0.175 e. The molecule has 0 aliphatic carbocycles. The van der Waals surface area contributed by atoms with Crippen LogP contribution in [0.1, 0.15) is 6.92 Å². The molecule has 6 heteroatoms. The highest BCUT2D eigenvalue weighted by Crippen LogP contribution is 2.16. The Kier molecular flexibility index (Phi) is 4.47. The maximum absolute atomic E-state index is 11.2. The largest absolute Gasteiger partial charge is 0.493 e. The van der Waals surface area contributed by atoms with Gasteiger partial charge in [-0.2, -0.15) is 0 Å². The van der Waals surface area contributed by atoms with E-state index in [1.807, 2.05) is 6.92 Å². The van der Waals surface area contributed by atoms with E-state index in [0.717, 1.165) is 6.26 Å².